The maximum atomic E-state index is 12.8. The van der Waals surface area contributed by atoms with Crippen LogP contribution in [0.25, 0.3) is 0 Å². The summed E-state index contributed by atoms with van der Waals surface area (Å²) in [7, 11) is 0. The van der Waals surface area contributed by atoms with E-state index in [-0.39, 0.29) is 11.9 Å². The molecule has 3 amide bonds. The number of benzene rings is 1. The maximum absolute atomic E-state index is 12.8. The second-order valence-corrected chi connectivity index (χ2v) is 7.80. The minimum atomic E-state index is -0.558. The molecular weight excluding hydrogens is 356 g/mol. The van der Waals surface area contributed by atoms with Crippen LogP contribution in [0.15, 0.2) is 35.5 Å². The molecule has 0 radical (unpaired) electrons. The maximum Gasteiger partial charge on any atom is 0.317 e. The van der Waals surface area contributed by atoms with Crippen LogP contribution in [0.1, 0.15) is 44.1 Å². The minimum absolute atomic E-state index is 0.00538. The van der Waals surface area contributed by atoms with Gasteiger partial charge in [-0.2, -0.15) is 0 Å². The Morgan fingerprint density at radius 2 is 1.64 bits per heavy atom. The molecule has 1 atom stereocenters. The Balaban J connectivity index is 1.24. The summed E-state index contributed by atoms with van der Waals surface area (Å²) in [5.74, 6) is -0.0398. The van der Waals surface area contributed by atoms with Crippen LogP contribution in [0, 0.1) is 0 Å². The van der Waals surface area contributed by atoms with E-state index < -0.39 is 6.10 Å². The summed E-state index contributed by atoms with van der Waals surface area (Å²) in [4.78, 5) is 34.3. The van der Waals surface area contributed by atoms with Crippen molar-refractivity contribution in [2.24, 2.45) is 5.16 Å². The summed E-state index contributed by atoms with van der Waals surface area (Å²) in [6.07, 6.45) is 5.75. The molecule has 28 heavy (non-hydrogen) atoms. The van der Waals surface area contributed by atoms with E-state index in [0.717, 1.165) is 24.1 Å². The molecule has 1 N–H and O–H groups in total. The van der Waals surface area contributed by atoms with Gasteiger partial charge < -0.3 is 20.0 Å². The lowest BCUT2D eigenvalue weighted by atomic mass is 9.96. The van der Waals surface area contributed by atoms with Gasteiger partial charge in [0.1, 0.15) is 0 Å². The van der Waals surface area contributed by atoms with Gasteiger partial charge in [-0.15, -0.1) is 0 Å². The largest absolute Gasteiger partial charge is 0.382 e. The number of nitrogens with one attached hydrogen (secondary N) is 1. The van der Waals surface area contributed by atoms with Crippen LogP contribution in [0.2, 0.25) is 0 Å². The molecule has 0 aromatic heterocycles. The van der Waals surface area contributed by atoms with Crippen LogP contribution in [-0.2, 0) is 9.63 Å². The average Bonchev–Trinajstić information content (AvgIpc) is 3.25. The first-order valence-corrected chi connectivity index (χ1v) is 10.3. The molecule has 4 rings (SSSR count). The van der Waals surface area contributed by atoms with Crippen molar-refractivity contribution >= 4 is 17.6 Å². The lowest BCUT2D eigenvalue weighted by molar-refractivity contribution is -0.143. The van der Waals surface area contributed by atoms with Gasteiger partial charge in [0.05, 0.1) is 5.71 Å². The quantitative estimate of drug-likeness (QED) is 0.869. The van der Waals surface area contributed by atoms with Crippen molar-refractivity contribution in [3.8, 4) is 0 Å². The predicted molar refractivity (Wildman–Crippen MR) is 106 cm³/mol. The number of rotatable bonds is 3. The number of piperazine rings is 1. The van der Waals surface area contributed by atoms with Crippen LogP contribution in [0.4, 0.5) is 4.79 Å². The molecule has 2 heterocycles. The standard InChI is InChI=1S/C21H28N4O3/c26-20(19-15-18(23-28-19)16-7-3-1-4-8-16)24-11-13-25(14-12-24)21(27)22-17-9-5-2-6-10-17/h1,3-4,7-8,17,19H,2,5-6,9-15H2,(H,22,27)/t19-/m0/s1. The molecule has 1 aromatic carbocycles. The molecule has 3 aliphatic rings. The molecule has 0 bridgehead atoms. The smallest absolute Gasteiger partial charge is 0.317 e. The van der Waals surface area contributed by atoms with Gasteiger partial charge in [0.2, 0.25) is 6.10 Å². The Morgan fingerprint density at radius 3 is 2.36 bits per heavy atom. The predicted octanol–water partition coefficient (Wildman–Crippen LogP) is 2.37. The molecule has 0 unspecified atom stereocenters. The third-order valence-electron chi connectivity index (χ3n) is 5.86. The first-order chi connectivity index (χ1) is 13.7. The molecule has 0 spiro atoms. The number of carbonyl (C=O) groups excluding carboxylic acids is 2. The van der Waals surface area contributed by atoms with Crippen LogP contribution in [0.5, 0.6) is 0 Å². The number of carbonyl (C=O) groups is 2. The highest BCUT2D eigenvalue weighted by atomic mass is 16.6. The molecular formula is C21H28N4O3. The lowest BCUT2D eigenvalue weighted by Crippen LogP contribution is -2.56. The first kappa shape index (κ1) is 18.8. The van der Waals surface area contributed by atoms with E-state index in [2.05, 4.69) is 10.5 Å². The average molecular weight is 384 g/mol. The van der Waals surface area contributed by atoms with Crippen LogP contribution < -0.4 is 5.32 Å². The summed E-state index contributed by atoms with van der Waals surface area (Å²) in [5.41, 5.74) is 1.80. The fourth-order valence-electron chi connectivity index (χ4n) is 4.16. The zero-order valence-corrected chi connectivity index (χ0v) is 16.2. The van der Waals surface area contributed by atoms with Crippen LogP contribution >= 0.6 is 0 Å². The van der Waals surface area contributed by atoms with Crippen molar-refractivity contribution < 1.29 is 14.4 Å². The van der Waals surface area contributed by atoms with Gasteiger partial charge in [-0.05, 0) is 18.4 Å². The molecule has 150 valence electrons. The zero-order valence-electron chi connectivity index (χ0n) is 16.2. The monoisotopic (exact) mass is 384 g/mol. The number of urea groups is 1. The van der Waals surface area contributed by atoms with Crippen LogP contribution in [-0.4, -0.2) is 65.8 Å². The van der Waals surface area contributed by atoms with E-state index in [0.29, 0.717) is 38.6 Å². The van der Waals surface area contributed by atoms with Crippen LogP contribution in [0.3, 0.4) is 0 Å². The molecule has 2 aliphatic heterocycles. The van der Waals surface area contributed by atoms with E-state index in [1.165, 1.54) is 19.3 Å². The van der Waals surface area contributed by atoms with Gasteiger partial charge in [-0.1, -0.05) is 54.8 Å². The Morgan fingerprint density at radius 1 is 0.964 bits per heavy atom. The van der Waals surface area contributed by atoms with Gasteiger partial charge in [0.15, 0.2) is 0 Å². The van der Waals surface area contributed by atoms with Gasteiger partial charge in [-0.3, -0.25) is 4.79 Å². The number of nitrogens with zero attached hydrogens (tertiary/aromatic N) is 3. The van der Waals surface area contributed by atoms with Crippen molar-refractivity contribution in [1.29, 1.82) is 0 Å². The van der Waals surface area contributed by atoms with Gasteiger partial charge in [-0.25, -0.2) is 4.79 Å². The molecule has 1 aliphatic carbocycles. The molecule has 7 nitrogen and oxygen atoms in total. The molecule has 1 aromatic rings. The first-order valence-electron chi connectivity index (χ1n) is 10.3. The molecule has 1 saturated heterocycles. The highest BCUT2D eigenvalue weighted by Gasteiger charge is 2.34. The van der Waals surface area contributed by atoms with Crippen molar-refractivity contribution in [2.45, 2.75) is 50.7 Å². The normalized spacial score (nSPS) is 23.1. The van der Waals surface area contributed by atoms with E-state index >= 15 is 0 Å². The zero-order chi connectivity index (χ0) is 19.3. The highest BCUT2D eigenvalue weighted by Crippen LogP contribution is 2.20. The summed E-state index contributed by atoms with van der Waals surface area (Å²) in [5, 5.41) is 7.26. The third kappa shape index (κ3) is 4.29. The summed E-state index contributed by atoms with van der Waals surface area (Å²) < 4.78 is 0. The van der Waals surface area contributed by atoms with Crippen molar-refractivity contribution in [3.05, 3.63) is 35.9 Å². The number of oxime groups is 1. The second kappa shape index (κ2) is 8.63. The Kier molecular flexibility index (Phi) is 5.78. The summed E-state index contributed by atoms with van der Waals surface area (Å²) in [6.45, 7) is 2.20. The molecule has 2 fully saturated rings. The number of hydrogen-bond donors (Lipinski definition) is 1. The second-order valence-electron chi connectivity index (χ2n) is 7.80. The third-order valence-corrected chi connectivity index (χ3v) is 5.86. The number of amides is 3. The van der Waals surface area contributed by atoms with Gasteiger partial charge in [0.25, 0.3) is 5.91 Å². The SMILES string of the molecule is O=C(NC1CCCCC1)N1CCN(C(=O)[C@@H]2CC(c3ccccc3)=NO2)CC1. The van der Waals surface area contributed by atoms with E-state index in [1.54, 1.807) is 4.90 Å². The van der Waals surface area contributed by atoms with Crippen molar-refractivity contribution in [3.63, 3.8) is 0 Å². The highest BCUT2D eigenvalue weighted by molar-refractivity contribution is 6.04. The summed E-state index contributed by atoms with van der Waals surface area (Å²) in [6, 6.07) is 10.1. The van der Waals surface area contributed by atoms with E-state index in [1.807, 2.05) is 35.2 Å². The Hall–Kier alpha value is -2.57. The fourth-order valence-corrected chi connectivity index (χ4v) is 4.16. The topological polar surface area (TPSA) is 74.2 Å². The van der Waals surface area contributed by atoms with E-state index in [4.69, 9.17) is 4.84 Å². The van der Waals surface area contributed by atoms with Crippen molar-refractivity contribution in [1.82, 2.24) is 15.1 Å². The van der Waals surface area contributed by atoms with E-state index in [9.17, 15) is 9.59 Å². The summed E-state index contributed by atoms with van der Waals surface area (Å²) >= 11 is 0. The van der Waals surface area contributed by atoms with Gasteiger partial charge >= 0.3 is 6.03 Å². The number of hydrogen-bond acceptors (Lipinski definition) is 4. The fraction of sp³-hybridized carbons (Fsp3) is 0.571. The van der Waals surface area contributed by atoms with Crippen molar-refractivity contribution in [2.75, 3.05) is 26.2 Å². The molecule has 7 heteroatoms. The van der Waals surface area contributed by atoms with Gasteiger partial charge in [0, 0.05) is 38.6 Å². The Bertz CT molecular complexity index is 722. The molecule has 1 saturated carbocycles. The Labute approximate surface area is 165 Å². The lowest BCUT2D eigenvalue weighted by Gasteiger charge is -2.36. The minimum Gasteiger partial charge on any atom is -0.382 e.